The van der Waals surface area contributed by atoms with E-state index in [1.165, 1.54) is 23.2 Å². The number of nitrogens with zero attached hydrogens (tertiary/aromatic N) is 2. The third-order valence-corrected chi connectivity index (χ3v) is 6.20. The molecule has 2 N–H and O–H groups in total. The van der Waals surface area contributed by atoms with Gasteiger partial charge in [0.2, 0.25) is 5.88 Å². The van der Waals surface area contributed by atoms with Crippen LogP contribution in [-0.4, -0.2) is 45.9 Å². The largest absolute Gasteiger partial charge is 0.472 e. The second-order valence-corrected chi connectivity index (χ2v) is 10.0. The zero-order chi connectivity index (χ0) is 26.6. The van der Waals surface area contributed by atoms with E-state index in [0.717, 1.165) is 5.56 Å². The molecule has 0 aliphatic carbocycles. The zero-order valence-electron chi connectivity index (χ0n) is 21.0. The van der Waals surface area contributed by atoms with Crippen LogP contribution < -0.4 is 10.1 Å². The maximum Gasteiger partial charge on any atom is 0.412 e. The number of nitrogens with one attached hydrogen (secondary N) is 1. The van der Waals surface area contributed by atoms with Crippen molar-refractivity contribution < 1.29 is 28.6 Å². The highest BCUT2D eigenvalue weighted by Crippen LogP contribution is 2.38. The second kappa shape index (κ2) is 10.9. The van der Waals surface area contributed by atoms with Crippen molar-refractivity contribution in [2.24, 2.45) is 5.41 Å². The van der Waals surface area contributed by atoms with E-state index in [2.05, 4.69) is 10.3 Å². The standard InChI is InChI=1S/C28H30FN3O5/c1-28(2,3)24-23(13-14-32(24)27(34)35)37-25-22(19-9-11-20(29)12-10-19)15-21(16-30-25)31-26(33)36-17-18-7-5-4-6-8-18/h4-12,15-16,23-24H,13-14,17H2,1-3H3,(H,31,33)(H,34,35)/t23?,24-/m1/s1. The molecule has 4 rings (SSSR count). The molecule has 9 heteroatoms. The van der Waals surface area contributed by atoms with Gasteiger partial charge in [0, 0.05) is 18.5 Å². The summed E-state index contributed by atoms with van der Waals surface area (Å²) in [5.41, 5.74) is 2.01. The van der Waals surface area contributed by atoms with Crippen molar-refractivity contribution in [3.05, 3.63) is 78.2 Å². The van der Waals surface area contributed by atoms with Gasteiger partial charge in [-0.25, -0.2) is 19.0 Å². The number of aromatic nitrogens is 1. The van der Waals surface area contributed by atoms with Gasteiger partial charge in [-0.3, -0.25) is 5.32 Å². The SMILES string of the molecule is CC(C)(C)[C@H]1C(Oc2ncc(NC(=O)OCc3ccccc3)cc2-c2ccc(F)cc2)CCN1C(=O)O. The molecule has 3 aromatic rings. The Morgan fingerprint density at radius 3 is 2.49 bits per heavy atom. The molecule has 1 aliphatic rings. The Hall–Kier alpha value is -4.14. The number of ether oxygens (including phenoxy) is 2. The van der Waals surface area contributed by atoms with Crippen LogP contribution in [0.2, 0.25) is 0 Å². The topological polar surface area (TPSA) is 101 Å². The average Bonchev–Trinajstić information content (AvgIpc) is 3.30. The van der Waals surface area contributed by atoms with Gasteiger partial charge in [0.1, 0.15) is 18.5 Å². The summed E-state index contributed by atoms with van der Waals surface area (Å²) in [7, 11) is 0. The molecule has 2 aromatic carbocycles. The van der Waals surface area contributed by atoms with Crippen molar-refractivity contribution >= 4 is 17.9 Å². The van der Waals surface area contributed by atoms with Gasteiger partial charge in [-0.2, -0.15) is 0 Å². The molecule has 1 unspecified atom stereocenters. The molecule has 2 atom stereocenters. The second-order valence-electron chi connectivity index (χ2n) is 10.0. The van der Waals surface area contributed by atoms with Crippen LogP contribution in [0.1, 0.15) is 32.8 Å². The normalized spacial score (nSPS) is 17.4. The number of carbonyl (C=O) groups is 2. The van der Waals surface area contributed by atoms with Crippen LogP contribution in [0.4, 0.5) is 19.7 Å². The van der Waals surface area contributed by atoms with E-state index in [-0.39, 0.29) is 17.9 Å². The third kappa shape index (κ3) is 6.35. The average molecular weight is 508 g/mol. The van der Waals surface area contributed by atoms with Crippen LogP contribution in [0.5, 0.6) is 5.88 Å². The van der Waals surface area contributed by atoms with Gasteiger partial charge in [0.15, 0.2) is 0 Å². The molecule has 1 saturated heterocycles. The molecule has 8 nitrogen and oxygen atoms in total. The summed E-state index contributed by atoms with van der Waals surface area (Å²) >= 11 is 0. The van der Waals surface area contributed by atoms with E-state index < -0.39 is 30.1 Å². The Labute approximate surface area is 215 Å². The lowest BCUT2D eigenvalue weighted by atomic mass is 9.84. The molecule has 0 spiro atoms. The summed E-state index contributed by atoms with van der Waals surface area (Å²) in [6.45, 7) is 6.37. The van der Waals surface area contributed by atoms with Crippen LogP contribution in [0.15, 0.2) is 66.9 Å². The molecule has 37 heavy (non-hydrogen) atoms. The van der Waals surface area contributed by atoms with Gasteiger partial charge in [-0.15, -0.1) is 0 Å². The Kier molecular flexibility index (Phi) is 7.61. The number of benzene rings is 2. The van der Waals surface area contributed by atoms with Crippen LogP contribution in [-0.2, 0) is 11.3 Å². The fourth-order valence-electron chi connectivity index (χ4n) is 4.60. The number of rotatable bonds is 6. The highest BCUT2D eigenvalue weighted by molar-refractivity contribution is 5.86. The first-order chi connectivity index (χ1) is 17.6. The van der Waals surface area contributed by atoms with E-state index in [1.54, 1.807) is 18.2 Å². The monoisotopic (exact) mass is 507 g/mol. The maximum atomic E-state index is 13.6. The van der Waals surface area contributed by atoms with E-state index in [1.807, 2.05) is 51.1 Å². The number of hydrogen-bond acceptors (Lipinski definition) is 5. The minimum atomic E-state index is -0.994. The predicted molar refractivity (Wildman–Crippen MR) is 137 cm³/mol. The van der Waals surface area contributed by atoms with Crippen LogP contribution in [0, 0.1) is 11.2 Å². The number of amides is 2. The number of anilines is 1. The molecule has 0 saturated carbocycles. The molecule has 1 fully saturated rings. The Bertz CT molecular complexity index is 1240. The van der Waals surface area contributed by atoms with E-state index >= 15 is 0 Å². The molecule has 194 valence electrons. The van der Waals surface area contributed by atoms with Crippen LogP contribution in [0.25, 0.3) is 11.1 Å². The molecule has 2 amide bonds. The van der Waals surface area contributed by atoms with Gasteiger partial charge >= 0.3 is 12.2 Å². The first-order valence-electron chi connectivity index (χ1n) is 12.0. The van der Waals surface area contributed by atoms with Crippen molar-refractivity contribution in [3.8, 4) is 17.0 Å². The summed E-state index contributed by atoms with van der Waals surface area (Å²) in [6.07, 6.45) is -0.124. The Balaban J connectivity index is 1.58. The molecule has 2 heterocycles. The number of carboxylic acid groups (broad SMARTS) is 1. The molecule has 1 aliphatic heterocycles. The summed E-state index contributed by atoms with van der Waals surface area (Å²) in [4.78, 5) is 30.1. The summed E-state index contributed by atoms with van der Waals surface area (Å²) in [5, 5.41) is 12.4. The van der Waals surface area contributed by atoms with Gasteiger partial charge < -0.3 is 19.5 Å². The maximum absolute atomic E-state index is 13.6. The number of hydrogen-bond donors (Lipinski definition) is 2. The number of carbonyl (C=O) groups excluding carboxylic acids is 1. The van der Waals surface area contributed by atoms with Crippen molar-refractivity contribution in [3.63, 3.8) is 0 Å². The van der Waals surface area contributed by atoms with E-state index in [0.29, 0.717) is 29.8 Å². The molecule has 0 bridgehead atoms. The van der Waals surface area contributed by atoms with E-state index in [9.17, 15) is 19.1 Å². The van der Waals surface area contributed by atoms with Crippen molar-refractivity contribution in [1.82, 2.24) is 9.88 Å². The van der Waals surface area contributed by atoms with Gasteiger partial charge in [0.05, 0.1) is 17.9 Å². The fourth-order valence-corrected chi connectivity index (χ4v) is 4.60. The van der Waals surface area contributed by atoms with Gasteiger partial charge in [0.25, 0.3) is 0 Å². The number of halogens is 1. The molecule has 1 aromatic heterocycles. The van der Waals surface area contributed by atoms with Gasteiger partial charge in [-0.1, -0.05) is 63.2 Å². The van der Waals surface area contributed by atoms with Crippen molar-refractivity contribution in [1.29, 1.82) is 0 Å². The summed E-state index contributed by atoms with van der Waals surface area (Å²) in [6, 6.07) is 16.4. The minimum Gasteiger partial charge on any atom is -0.472 e. The van der Waals surface area contributed by atoms with E-state index in [4.69, 9.17) is 9.47 Å². The Morgan fingerprint density at radius 1 is 1.14 bits per heavy atom. The quantitative estimate of drug-likeness (QED) is 0.413. The minimum absolute atomic E-state index is 0.113. The van der Waals surface area contributed by atoms with Crippen molar-refractivity contribution in [2.75, 3.05) is 11.9 Å². The zero-order valence-corrected chi connectivity index (χ0v) is 21.0. The smallest absolute Gasteiger partial charge is 0.412 e. The number of pyridine rings is 1. The lowest BCUT2D eigenvalue weighted by Gasteiger charge is -2.36. The Morgan fingerprint density at radius 2 is 1.84 bits per heavy atom. The third-order valence-electron chi connectivity index (χ3n) is 6.20. The van der Waals surface area contributed by atoms with Gasteiger partial charge in [-0.05, 0) is 34.7 Å². The lowest BCUT2D eigenvalue weighted by Crippen LogP contribution is -2.48. The van der Waals surface area contributed by atoms with Crippen molar-refractivity contribution in [2.45, 2.75) is 45.9 Å². The van der Waals surface area contributed by atoms with Crippen LogP contribution >= 0.6 is 0 Å². The van der Waals surface area contributed by atoms with Crippen LogP contribution in [0.3, 0.4) is 0 Å². The summed E-state index contributed by atoms with van der Waals surface area (Å²) in [5.74, 6) is -0.125. The predicted octanol–water partition coefficient (Wildman–Crippen LogP) is 6.18. The molecule has 0 radical (unpaired) electrons. The summed E-state index contributed by atoms with van der Waals surface area (Å²) < 4.78 is 25.2. The number of likely N-dealkylation sites (tertiary alicyclic amines) is 1. The fraction of sp³-hybridized carbons (Fsp3) is 0.321. The molecular formula is C28H30FN3O5. The molecular weight excluding hydrogens is 477 g/mol. The highest BCUT2D eigenvalue weighted by atomic mass is 19.1. The first-order valence-corrected chi connectivity index (χ1v) is 12.0. The lowest BCUT2D eigenvalue weighted by molar-refractivity contribution is 0.0555. The first kappa shape index (κ1) is 25.9. The highest BCUT2D eigenvalue weighted by Gasteiger charge is 2.45.